The zero-order chi connectivity index (χ0) is 20.4. The summed E-state index contributed by atoms with van der Waals surface area (Å²) in [6, 6.07) is 5.35. The van der Waals surface area contributed by atoms with Gasteiger partial charge in [0.15, 0.2) is 5.96 Å². The largest absolute Gasteiger partial charge is 0.497 e. The van der Waals surface area contributed by atoms with Gasteiger partial charge in [0.1, 0.15) is 11.5 Å². The summed E-state index contributed by atoms with van der Waals surface area (Å²) in [7, 11) is 3.17. The lowest BCUT2D eigenvalue weighted by Gasteiger charge is -2.14. The van der Waals surface area contributed by atoms with Crippen LogP contribution in [0.4, 0.5) is 0 Å². The smallest absolute Gasteiger partial charge is 0.191 e. The summed E-state index contributed by atoms with van der Waals surface area (Å²) in [5, 5.41) is 18.1. The number of nitrogens with one attached hydrogen (secondary N) is 2. The first-order valence-corrected chi connectivity index (χ1v) is 10.3. The molecule has 3 N–H and O–H groups in total. The first-order valence-electron chi connectivity index (χ1n) is 9.46. The highest BCUT2D eigenvalue weighted by Crippen LogP contribution is 2.26. The molecule has 0 aliphatic carbocycles. The fraction of sp³-hybridized carbons (Fsp3) is 0.500. The van der Waals surface area contributed by atoms with Gasteiger partial charge in [0, 0.05) is 36.7 Å². The maximum Gasteiger partial charge on any atom is 0.191 e. The molecule has 28 heavy (non-hydrogen) atoms. The molecule has 1 aromatic carbocycles. The highest BCUT2D eigenvalue weighted by molar-refractivity contribution is 7.11. The zero-order valence-corrected chi connectivity index (χ0v) is 17.8. The molecule has 1 unspecified atom stereocenters. The van der Waals surface area contributed by atoms with Gasteiger partial charge >= 0.3 is 0 Å². The lowest BCUT2D eigenvalue weighted by molar-refractivity contribution is 0.186. The molecule has 0 saturated heterocycles. The topological polar surface area (TPSA) is 88.0 Å². The molecule has 154 valence electrons. The maximum absolute atomic E-state index is 10.5. The van der Waals surface area contributed by atoms with Crippen molar-refractivity contribution in [3.63, 3.8) is 0 Å². The van der Waals surface area contributed by atoms with Gasteiger partial charge in [-0.25, -0.2) is 4.98 Å². The van der Waals surface area contributed by atoms with Crippen molar-refractivity contribution in [1.29, 1.82) is 0 Å². The molecule has 0 aliphatic rings. The monoisotopic (exact) mass is 406 g/mol. The number of hydrogen-bond acceptors (Lipinski definition) is 6. The normalized spacial score (nSPS) is 12.5. The van der Waals surface area contributed by atoms with Crippen LogP contribution in [0.5, 0.6) is 11.5 Å². The Balaban J connectivity index is 1.95. The van der Waals surface area contributed by atoms with Crippen LogP contribution in [-0.2, 0) is 12.8 Å². The van der Waals surface area contributed by atoms with Crippen LogP contribution in [0.2, 0.25) is 0 Å². The Morgan fingerprint density at radius 2 is 1.89 bits per heavy atom. The van der Waals surface area contributed by atoms with E-state index in [0.29, 0.717) is 23.0 Å². The van der Waals surface area contributed by atoms with Gasteiger partial charge in [-0.1, -0.05) is 6.92 Å². The summed E-state index contributed by atoms with van der Waals surface area (Å²) in [5.41, 5.74) is 0.700. The van der Waals surface area contributed by atoms with Crippen molar-refractivity contribution in [3.8, 4) is 11.5 Å². The van der Waals surface area contributed by atoms with Crippen molar-refractivity contribution >= 4 is 17.3 Å². The summed E-state index contributed by atoms with van der Waals surface area (Å²) < 4.78 is 10.5. The second-order valence-electron chi connectivity index (χ2n) is 6.13. The van der Waals surface area contributed by atoms with E-state index >= 15 is 0 Å². The van der Waals surface area contributed by atoms with Crippen LogP contribution in [-0.4, -0.2) is 49.9 Å². The van der Waals surface area contributed by atoms with E-state index in [-0.39, 0.29) is 6.54 Å². The van der Waals surface area contributed by atoms with Crippen LogP contribution >= 0.6 is 11.3 Å². The minimum atomic E-state index is -0.759. The van der Waals surface area contributed by atoms with E-state index in [0.717, 1.165) is 30.9 Å². The molecule has 0 radical (unpaired) electrons. The zero-order valence-electron chi connectivity index (χ0n) is 17.0. The van der Waals surface area contributed by atoms with E-state index in [2.05, 4.69) is 27.5 Å². The van der Waals surface area contributed by atoms with Crippen molar-refractivity contribution in [2.24, 2.45) is 4.99 Å². The number of aliphatic imine (C=N–C) groups is 1. The van der Waals surface area contributed by atoms with Crippen LogP contribution in [0.25, 0.3) is 0 Å². The van der Waals surface area contributed by atoms with Crippen LogP contribution in [0.3, 0.4) is 0 Å². The number of nitrogens with zero attached hydrogens (tertiary/aromatic N) is 2. The third-order valence-electron chi connectivity index (χ3n) is 4.11. The predicted molar refractivity (Wildman–Crippen MR) is 114 cm³/mol. The van der Waals surface area contributed by atoms with Gasteiger partial charge in [-0.2, -0.15) is 0 Å². The van der Waals surface area contributed by atoms with E-state index in [4.69, 9.17) is 9.47 Å². The van der Waals surface area contributed by atoms with E-state index in [1.165, 1.54) is 4.88 Å². The molecule has 0 spiro atoms. The first-order chi connectivity index (χ1) is 13.6. The fourth-order valence-corrected chi connectivity index (χ4v) is 3.42. The number of methoxy groups -OCH3 is 2. The molecule has 0 bridgehead atoms. The van der Waals surface area contributed by atoms with Crippen molar-refractivity contribution in [3.05, 3.63) is 39.8 Å². The second-order valence-corrected chi connectivity index (χ2v) is 7.33. The molecule has 0 aliphatic heterocycles. The van der Waals surface area contributed by atoms with Gasteiger partial charge in [0.2, 0.25) is 0 Å². The molecule has 1 heterocycles. The SMILES string of the molecule is CCNC(=NCC(O)c1cc(OC)cc(OC)c1)NCCc1ncc(CC)s1. The summed E-state index contributed by atoms with van der Waals surface area (Å²) in [6.07, 6.45) is 3.04. The number of benzene rings is 1. The number of aromatic nitrogens is 1. The minimum absolute atomic E-state index is 0.225. The summed E-state index contributed by atoms with van der Waals surface area (Å²) >= 11 is 1.75. The molecule has 0 saturated carbocycles. The van der Waals surface area contributed by atoms with Gasteiger partial charge in [-0.05, 0) is 31.0 Å². The highest BCUT2D eigenvalue weighted by atomic mass is 32.1. The van der Waals surface area contributed by atoms with E-state index in [9.17, 15) is 5.11 Å². The molecule has 8 heteroatoms. The van der Waals surface area contributed by atoms with Gasteiger partial charge in [-0.3, -0.25) is 4.99 Å². The number of rotatable bonds is 10. The Bertz CT molecular complexity index is 741. The van der Waals surface area contributed by atoms with E-state index in [1.54, 1.807) is 43.8 Å². The van der Waals surface area contributed by atoms with Crippen molar-refractivity contribution in [1.82, 2.24) is 15.6 Å². The molecule has 7 nitrogen and oxygen atoms in total. The number of aliphatic hydroxyl groups excluding tert-OH is 1. The summed E-state index contributed by atoms with van der Waals surface area (Å²) in [5.74, 6) is 1.94. The third kappa shape index (κ3) is 6.69. The number of aryl methyl sites for hydroxylation is 1. The number of ether oxygens (including phenoxy) is 2. The van der Waals surface area contributed by atoms with Crippen LogP contribution in [0.15, 0.2) is 29.4 Å². The molecular formula is C20H30N4O3S. The van der Waals surface area contributed by atoms with Gasteiger partial charge < -0.3 is 25.2 Å². The molecule has 0 fully saturated rings. The Morgan fingerprint density at radius 1 is 1.18 bits per heavy atom. The van der Waals surface area contributed by atoms with E-state index in [1.807, 2.05) is 13.1 Å². The molecule has 1 atom stereocenters. The number of aliphatic hydroxyl groups is 1. The van der Waals surface area contributed by atoms with E-state index < -0.39 is 6.10 Å². The fourth-order valence-electron chi connectivity index (χ4n) is 2.56. The van der Waals surface area contributed by atoms with Gasteiger partial charge in [-0.15, -0.1) is 11.3 Å². The lowest BCUT2D eigenvalue weighted by atomic mass is 10.1. The molecule has 0 amide bonds. The van der Waals surface area contributed by atoms with Crippen LogP contribution in [0.1, 0.15) is 35.4 Å². The number of guanidine groups is 1. The molecular weight excluding hydrogens is 376 g/mol. The van der Waals surface area contributed by atoms with Crippen LogP contribution in [0, 0.1) is 0 Å². The van der Waals surface area contributed by atoms with Gasteiger partial charge in [0.25, 0.3) is 0 Å². The summed E-state index contributed by atoms with van der Waals surface area (Å²) in [6.45, 7) is 5.84. The standard InChI is InChI=1S/C20H30N4O3S/c1-5-17-12-23-19(28-17)7-8-22-20(21-6-2)24-13-18(25)14-9-15(26-3)11-16(10-14)27-4/h9-12,18,25H,5-8,13H2,1-4H3,(H2,21,22,24). The molecule has 2 aromatic rings. The van der Waals surface area contributed by atoms with Crippen molar-refractivity contribution in [2.45, 2.75) is 32.8 Å². The Morgan fingerprint density at radius 3 is 2.46 bits per heavy atom. The minimum Gasteiger partial charge on any atom is -0.497 e. The average molecular weight is 407 g/mol. The number of hydrogen-bond donors (Lipinski definition) is 3. The Hall–Kier alpha value is -2.32. The second kappa shape index (κ2) is 11.5. The number of thiazole rings is 1. The third-order valence-corrected chi connectivity index (χ3v) is 5.31. The molecule has 2 rings (SSSR count). The Labute approximate surface area is 170 Å². The quantitative estimate of drug-likeness (QED) is 0.415. The van der Waals surface area contributed by atoms with Crippen LogP contribution < -0.4 is 20.1 Å². The summed E-state index contributed by atoms with van der Waals surface area (Å²) in [4.78, 5) is 10.2. The van der Waals surface area contributed by atoms with Gasteiger partial charge in [0.05, 0.1) is 31.9 Å². The maximum atomic E-state index is 10.5. The Kier molecular flexibility index (Phi) is 9.03. The van der Waals surface area contributed by atoms with Crippen molar-refractivity contribution in [2.75, 3.05) is 33.9 Å². The van der Waals surface area contributed by atoms with Crippen molar-refractivity contribution < 1.29 is 14.6 Å². The molecule has 1 aromatic heterocycles. The predicted octanol–water partition coefficient (Wildman–Crippen LogP) is 2.55. The lowest BCUT2D eigenvalue weighted by Crippen LogP contribution is -2.38. The first kappa shape index (κ1) is 22.0. The average Bonchev–Trinajstić information content (AvgIpc) is 3.19. The highest BCUT2D eigenvalue weighted by Gasteiger charge is 2.11.